The second-order valence-electron chi connectivity index (χ2n) is 6.63. The SMILES string of the molecule is CCOc1ccc(/C=C2/N=C(c3ccc(Br)cc3)N(c3ccc(O)cc3)C2=O)cc1. The van der Waals surface area contributed by atoms with Gasteiger partial charge >= 0.3 is 0 Å². The fraction of sp³-hybridized carbons (Fsp3) is 0.0833. The number of benzene rings is 3. The van der Waals surface area contributed by atoms with Crippen LogP contribution in [0.2, 0.25) is 0 Å². The number of carbonyl (C=O) groups is 1. The van der Waals surface area contributed by atoms with Gasteiger partial charge in [0.2, 0.25) is 0 Å². The van der Waals surface area contributed by atoms with Crippen LogP contribution in [0.3, 0.4) is 0 Å². The first-order chi connectivity index (χ1) is 14.5. The van der Waals surface area contributed by atoms with E-state index in [4.69, 9.17) is 4.74 Å². The number of amidine groups is 1. The van der Waals surface area contributed by atoms with E-state index in [1.807, 2.05) is 55.5 Å². The average Bonchev–Trinajstić information content (AvgIpc) is 3.07. The van der Waals surface area contributed by atoms with Crippen LogP contribution >= 0.6 is 15.9 Å². The number of anilines is 1. The lowest BCUT2D eigenvalue weighted by molar-refractivity contribution is -0.113. The van der Waals surface area contributed by atoms with Crippen LogP contribution in [0.1, 0.15) is 18.1 Å². The Kier molecular flexibility index (Phi) is 5.68. The summed E-state index contributed by atoms with van der Waals surface area (Å²) in [4.78, 5) is 19.5. The first kappa shape index (κ1) is 19.9. The average molecular weight is 463 g/mol. The summed E-state index contributed by atoms with van der Waals surface area (Å²) in [5, 5.41) is 9.63. The Bertz CT molecular complexity index is 1120. The van der Waals surface area contributed by atoms with Crippen LogP contribution < -0.4 is 9.64 Å². The quantitative estimate of drug-likeness (QED) is 0.517. The van der Waals surface area contributed by atoms with Gasteiger partial charge in [0.1, 0.15) is 23.0 Å². The molecular weight excluding hydrogens is 444 g/mol. The van der Waals surface area contributed by atoms with Crippen LogP contribution in [0.25, 0.3) is 6.08 Å². The topological polar surface area (TPSA) is 62.1 Å². The summed E-state index contributed by atoms with van der Waals surface area (Å²) < 4.78 is 6.42. The molecule has 0 bridgehead atoms. The van der Waals surface area contributed by atoms with Gasteiger partial charge in [-0.1, -0.05) is 40.2 Å². The minimum Gasteiger partial charge on any atom is -0.508 e. The molecule has 1 heterocycles. The molecular formula is C24H19BrN2O3. The van der Waals surface area contributed by atoms with Gasteiger partial charge in [-0.3, -0.25) is 9.69 Å². The van der Waals surface area contributed by atoms with Gasteiger partial charge in [0.15, 0.2) is 0 Å². The third-order valence-corrected chi connectivity index (χ3v) is 5.09. The number of nitrogens with zero attached hydrogens (tertiary/aromatic N) is 2. The Morgan fingerprint density at radius 3 is 2.30 bits per heavy atom. The molecule has 0 saturated heterocycles. The molecule has 150 valence electrons. The smallest absolute Gasteiger partial charge is 0.282 e. The Hall–Kier alpha value is -3.38. The number of hydrogen-bond acceptors (Lipinski definition) is 4. The fourth-order valence-corrected chi connectivity index (χ4v) is 3.40. The maximum atomic E-state index is 13.3. The normalized spacial score (nSPS) is 14.9. The zero-order chi connectivity index (χ0) is 21.1. The van der Waals surface area contributed by atoms with Crippen LogP contribution in [0.4, 0.5) is 5.69 Å². The highest BCUT2D eigenvalue weighted by Crippen LogP contribution is 2.29. The first-order valence-electron chi connectivity index (χ1n) is 9.48. The lowest BCUT2D eigenvalue weighted by Gasteiger charge is -2.18. The van der Waals surface area contributed by atoms with Crippen LogP contribution in [0.15, 0.2) is 88.0 Å². The van der Waals surface area contributed by atoms with E-state index in [9.17, 15) is 9.90 Å². The van der Waals surface area contributed by atoms with E-state index in [0.29, 0.717) is 23.8 Å². The van der Waals surface area contributed by atoms with E-state index < -0.39 is 0 Å². The molecule has 1 N–H and O–H groups in total. The molecule has 0 unspecified atom stereocenters. The Labute approximate surface area is 183 Å². The molecule has 0 aromatic heterocycles. The zero-order valence-electron chi connectivity index (χ0n) is 16.2. The Morgan fingerprint density at radius 1 is 1.00 bits per heavy atom. The number of aromatic hydroxyl groups is 1. The third-order valence-electron chi connectivity index (χ3n) is 4.57. The van der Waals surface area contributed by atoms with Crippen molar-refractivity contribution in [2.24, 2.45) is 4.99 Å². The molecule has 1 aliphatic heterocycles. The summed E-state index contributed by atoms with van der Waals surface area (Å²) in [6.45, 7) is 2.53. The van der Waals surface area contributed by atoms with E-state index in [1.54, 1.807) is 35.2 Å². The van der Waals surface area contributed by atoms with Crippen molar-refractivity contribution in [2.45, 2.75) is 6.92 Å². The summed E-state index contributed by atoms with van der Waals surface area (Å²) >= 11 is 3.44. The fourth-order valence-electron chi connectivity index (χ4n) is 3.14. The summed E-state index contributed by atoms with van der Waals surface area (Å²) in [5.41, 5.74) is 2.64. The molecule has 4 rings (SSSR count). The number of halogens is 1. The van der Waals surface area contributed by atoms with Crippen molar-refractivity contribution in [1.82, 2.24) is 0 Å². The van der Waals surface area contributed by atoms with Crippen molar-refractivity contribution < 1.29 is 14.6 Å². The molecule has 3 aromatic rings. The molecule has 1 aliphatic rings. The van der Waals surface area contributed by atoms with E-state index in [-0.39, 0.29) is 11.7 Å². The van der Waals surface area contributed by atoms with E-state index >= 15 is 0 Å². The van der Waals surface area contributed by atoms with Crippen molar-refractivity contribution in [1.29, 1.82) is 0 Å². The number of amides is 1. The highest BCUT2D eigenvalue weighted by atomic mass is 79.9. The number of ether oxygens (including phenoxy) is 1. The molecule has 3 aromatic carbocycles. The number of rotatable bonds is 5. The van der Waals surface area contributed by atoms with Gasteiger partial charge < -0.3 is 9.84 Å². The van der Waals surface area contributed by atoms with Crippen molar-refractivity contribution in [3.05, 3.63) is 94.1 Å². The highest BCUT2D eigenvalue weighted by Gasteiger charge is 2.32. The van der Waals surface area contributed by atoms with Gasteiger partial charge in [0, 0.05) is 10.0 Å². The van der Waals surface area contributed by atoms with Gasteiger partial charge in [-0.2, -0.15) is 0 Å². The number of hydrogen-bond donors (Lipinski definition) is 1. The summed E-state index contributed by atoms with van der Waals surface area (Å²) in [6.07, 6.45) is 1.76. The van der Waals surface area contributed by atoms with Gasteiger partial charge in [-0.15, -0.1) is 0 Å². The molecule has 0 saturated carbocycles. The lowest BCUT2D eigenvalue weighted by Crippen LogP contribution is -2.32. The maximum absolute atomic E-state index is 13.3. The first-order valence-corrected chi connectivity index (χ1v) is 10.3. The highest BCUT2D eigenvalue weighted by molar-refractivity contribution is 9.10. The number of phenols is 1. The van der Waals surface area contributed by atoms with E-state index in [1.165, 1.54) is 0 Å². The molecule has 6 heteroatoms. The van der Waals surface area contributed by atoms with Crippen LogP contribution in [-0.2, 0) is 4.79 Å². The predicted octanol–water partition coefficient (Wildman–Crippen LogP) is 5.39. The largest absolute Gasteiger partial charge is 0.508 e. The molecule has 0 aliphatic carbocycles. The van der Waals surface area contributed by atoms with Crippen molar-refractivity contribution in [3.63, 3.8) is 0 Å². The van der Waals surface area contributed by atoms with Gasteiger partial charge in [-0.25, -0.2) is 4.99 Å². The third kappa shape index (κ3) is 4.14. The lowest BCUT2D eigenvalue weighted by atomic mass is 10.1. The molecule has 30 heavy (non-hydrogen) atoms. The summed E-state index contributed by atoms with van der Waals surface area (Å²) in [7, 11) is 0. The van der Waals surface area contributed by atoms with Crippen LogP contribution in [0, 0.1) is 0 Å². The second kappa shape index (κ2) is 8.55. The monoisotopic (exact) mass is 462 g/mol. The van der Waals surface area contributed by atoms with Crippen molar-refractivity contribution in [3.8, 4) is 11.5 Å². The molecule has 0 radical (unpaired) electrons. The summed E-state index contributed by atoms with van der Waals surface area (Å²) in [6, 6.07) is 21.6. The Balaban J connectivity index is 1.75. The molecule has 0 fully saturated rings. The standard InChI is InChI=1S/C24H19BrN2O3/c1-2-30-21-13-3-16(4-14-21)15-22-24(29)27(19-9-11-20(28)12-10-19)23(26-22)17-5-7-18(25)8-6-17/h3-15,28H,2H2,1H3/b22-15+. The number of phenolic OH excluding ortho intramolecular Hbond substituents is 1. The second-order valence-corrected chi connectivity index (χ2v) is 7.55. The minimum atomic E-state index is -0.229. The maximum Gasteiger partial charge on any atom is 0.282 e. The van der Waals surface area contributed by atoms with E-state index in [0.717, 1.165) is 21.3 Å². The van der Waals surface area contributed by atoms with Gasteiger partial charge in [-0.05, 0) is 67.1 Å². The predicted molar refractivity (Wildman–Crippen MR) is 122 cm³/mol. The minimum absolute atomic E-state index is 0.137. The molecule has 0 spiro atoms. The van der Waals surface area contributed by atoms with Crippen LogP contribution in [0.5, 0.6) is 11.5 Å². The van der Waals surface area contributed by atoms with Gasteiger partial charge in [0.25, 0.3) is 5.91 Å². The number of carbonyl (C=O) groups excluding carboxylic acids is 1. The molecule has 0 atom stereocenters. The van der Waals surface area contributed by atoms with E-state index in [2.05, 4.69) is 20.9 Å². The molecule has 1 amide bonds. The summed E-state index contributed by atoms with van der Waals surface area (Å²) in [5.74, 6) is 1.22. The zero-order valence-corrected chi connectivity index (χ0v) is 17.8. The van der Waals surface area contributed by atoms with Gasteiger partial charge in [0.05, 0.1) is 12.3 Å². The van der Waals surface area contributed by atoms with Crippen molar-refractivity contribution in [2.75, 3.05) is 11.5 Å². The number of aliphatic imine (C=N–C) groups is 1. The van der Waals surface area contributed by atoms with Crippen LogP contribution in [-0.4, -0.2) is 23.5 Å². The van der Waals surface area contributed by atoms with Crippen molar-refractivity contribution >= 4 is 39.4 Å². The Morgan fingerprint density at radius 2 is 1.67 bits per heavy atom. The molecule has 5 nitrogen and oxygen atoms in total.